The molecule has 0 saturated carbocycles. The van der Waals surface area contributed by atoms with E-state index in [1.807, 2.05) is 12.1 Å². The van der Waals surface area contributed by atoms with Crippen molar-refractivity contribution in [2.45, 2.75) is 25.7 Å². The number of non-ortho nitro benzene ring substituents is 1. The summed E-state index contributed by atoms with van der Waals surface area (Å²) in [5.74, 6) is 0. The van der Waals surface area contributed by atoms with Gasteiger partial charge in [-0.15, -0.1) is 0 Å². The van der Waals surface area contributed by atoms with E-state index in [2.05, 4.69) is 16.7 Å². The van der Waals surface area contributed by atoms with Crippen molar-refractivity contribution in [2.24, 2.45) is 0 Å². The molecule has 1 aliphatic carbocycles. The van der Waals surface area contributed by atoms with Crippen LogP contribution in [-0.4, -0.2) is 11.0 Å². The predicted octanol–water partition coefficient (Wildman–Crippen LogP) is 4.12. The molecule has 0 bridgehead atoms. The van der Waals surface area contributed by atoms with Crippen molar-refractivity contribution < 1.29 is 9.72 Å². The van der Waals surface area contributed by atoms with Gasteiger partial charge in [-0.05, 0) is 48.9 Å². The van der Waals surface area contributed by atoms with Crippen LogP contribution in [0.2, 0.25) is 0 Å². The number of anilines is 2. The minimum atomic E-state index is -0.489. The van der Waals surface area contributed by atoms with Gasteiger partial charge in [-0.3, -0.25) is 10.1 Å². The third-order valence-corrected chi connectivity index (χ3v) is 3.96. The summed E-state index contributed by atoms with van der Waals surface area (Å²) >= 11 is 0. The molecule has 23 heavy (non-hydrogen) atoms. The summed E-state index contributed by atoms with van der Waals surface area (Å²) < 4.78 is 0. The molecule has 0 spiro atoms. The zero-order chi connectivity index (χ0) is 16.2. The summed E-state index contributed by atoms with van der Waals surface area (Å²) in [6.07, 6.45) is 4.30. The molecular formula is C17H17N3O3. The van der Waals surface area contributed by atoms with E-state index in [-0.39, 0.29) is 5.69 Å². The van der Waals surface area contributed by atoms with Crippen LogP contribution in [0.5, 0.6) is 0 Å². The number of fused-ring (bicyclic) bond motifs is 1. The molecule has 2 amide bonds. The molecule has 6 nitrogen and oxygen atoms in total. The minimum absolute atomic E-state index is 0.0557. The number of benzene rings is 2. The second-order valence-corrected chi connectivity index (χ2v) is 5.54. The van der Waals surface area contributed by atoms with Gasteiger partial charge in [0.05, 0.1) is 4.92 Å². The maximum Gasteiger partial charge on any atom is 0.323 e. The first-order chi connectivity index (χ1) is 11.1. The molecule has 0 unspecified atom stereocenters. The van der Waals surface area contributed by atoms with Crippen LogP contribution in [0.25, 0.3) is 0 Å². The summed E-state index contributed by atoms with van der Waals surface area (Å²) in [6.45, 7) is 0. The Hall–Kier alpha value is -2.89. The fourth-order valence-electron chi connectivity index (χ4n) is 2.88. The molecule has 0 saturated heterocycles. The average molecular weight is 311 g/mol. The lowest BCUT2D eigenvalue weighted by molar-refractivity contribution is -0.384. The van der Waals surface area contributed by atoms with Crippen LogP contribution in [-0.2, 0) is 12.8 Å². The van der Waals surface area contributed by atoms with E-state index in [1.165, 1.54) is 35.7 Å². The maximum absolute atomic E-state index is 12.2. The number of amides is 2. The van der Waals surface area contributed by atoms with Gasteiger partial charge in [-0.2, -0.15) is 0 Å². The minimum Gasteiger partial charge on any atom is -0.307 e. The Morgan fingerprint density at radius 2 is 1.83 bits per heavy atom. The first-order valence-electron chi connectivity index (χ1n) is 7.57. The van der Waals surface area contributed by atoms with Gasteiger partial charge in [-0.25, -0.2) is 4.79 Å². The monoisotopic (exact) mass is 311 g/mol. The van der Waals surface area contributed by atoms with E-state index in [1.54, 1.807) is 6.07 Å². The highest BCUT2D eigenvalue weighted by molar-refractivity contribution is 6.00. The average Bonchev–Trinajstić information content (AvgIpc) is 2.55. The number of nitro benzene ring substituents is 1. The third-order valence-electron chi connectivity index (χ3n) is 3.96. The van der Waals surface area contributed by atoms with Crippen molar-refractivity contribution in [1.29, 1.82) is 0 Å². The largest absolute Gasteiger partial charge is 0.323 e. The fourth-order valence-corrected chi connectivity index (χ4v) is 2.88. The van der Waals surface area contributed by atoms with Crippen LogP contribution in [0.15, 0.2) is 42.5 Å². The number of nitrogens with one attached hydrogen (secondary N) is 2. The second kappa shape index (κ2) is 6.48. The molecule has 0 fully saturated rings. The Labute approximate surface area is 133 Å². The van der Waals surface area contributed by atoms with Crippen molar-refractivity contribution >= 4 is 23.1 Å². The molecular weight excluding hydrogens is 294 g/mol. The van der Waals surface area contributed by atoms with Gasteiger partial charge in [0.25, 0.3) is 5.69 Å². The number of carbonyl (C=O) groups excluding carboxylic acids is 1. The Morgan fingerprint density at radius 1 is 1.04 bits per heavy atom. The number of nitrogens with zero attached hydrogens (tertiary/aromatic N) is 1. The van der Waals surface area contributed by atoms with E-state index >= 15 is 0 Å². The summed E-state index contributed by atoms with van der Waals surface area (Å²) in [6, 6.07) is 11.4. The molecule has 118 valence electrons. The van der Waals surface area contributed by atoms with E-state index in [0.29, 0.717) is 5.69 Å². The molecule has 6 heteroatoms. The van der Waals surface area contributed by atoms with E-state index in [0.717, 1.165) is 24.9 Å². The number of hydrogen-bond acceptors (Lipinski definition) is 3. The van der Waals surface area contributed by atoms with Gasteiger partial charge < -0.3 is 10.6 Å². The number of urea groups is 1. The van der Waals surface area contributed by atoms with Crippen molar-refractivity contribution in [3.8, 4) is 0 Å². The highest BCUT2D eigenvalue weighted by atomic mass is 16.6. The van der Waals surface area contributed by atoms with Gasteiger partial charge in [0.15, 0.2) is 0 Å². The Kier molecular flexibility index (Phi) is 4.23. The lowest BCUT2D eigenvalue weighted by atomic mass is 9.90. The third kappa shape index (κ3) is 3.48. The summed E-state index contributed by atoms with van der Waals surface area (Å²) in [5, 5.41) is 16.3. The summed E-state index contributed by atoms with van der Waals surface area (Å²) in [4.78, 5) is 22.4. The van der Waals surface area contributed by atoms with Gasteiger partial charge in [0.2, 0.25) is 0 Å². The molecule has 0 radical (unpaired) electrons. The Balaban J connectivity index is 1.73. The van der Waals surface area contributed by atoms with E-state index in [4.69, 9.17) is 0 Å². The predicted molar refractivity (Wildman–Crippen MR) is 88.8 cm³/mol. The maximum atomic E-state index is 12.2. The quantitative estimate of drug-likeness (QED) is 0.660. The molecule has 0 atom stereocenters. The van der Waals surface area contributed by atoms with Crippen molar-refractivity contribution in [2.75, 3.05) is 10.6 Å². The number of rotatable bonds is 3. The normalized spacial score (nSPS) is 13.0. The SMILES string of the molecule is O=C(Nc1cccc([N+](=O)[O-])c1)Nc1cccc2c1CCCC2. The van der Waals surface area contributed by atoms with Crippen LogP contribution in [0.1, 0.15) is 24.0 Å². The zero-order valence-electron chi connectivity index (χ0n) is 12.5. The van der Waals surface area contributed by atoms with Gasteiger partial charge in [0, 0.05) is 23.5 Å². The van der Waals surface area contributed by atoms with E-state index in [9.17, 15) is 14.9 Å². The first kappa shape index (κ1) is 15.0. The van der Waals surface area contributed by atoms with Crippen molar-refractivity contribution in [3.05, 3.63) is 63.7 Å². The zero-order valence-corrected chi connectivity index (χ0v) is 12.5. The van der Waals surface area contributed by atoms with Crippen LogP contribution in [0.4, 0.5) is 21.9 Å². The topological polar surface area (TPSA) is 84.3 Å². The van der Waals surface area contributed by atoms with Crippen LogP contribution in [0, 0.1) is 10.1 Å². The molecule has 3 rings (SSSR count). The van der Waals surface area contributed by atoms with Gasteiger partial charge in [-0.1, -0.05) is 18.2 Å². The van der Waals surface area contributed by atoms with Crippen molar-refractivity contribution in [3.63, 3.8) is 0 Å². The highest BCUT2D eigenvalue weighted by Gasteiger charge is 2.15. The molecule has 2 aromatic rings. The number of carbonyl (C=O) groups is 1. The van der Waals surface area contributed by atoms with Gasteiger partial charge in [0.1, 0.15) is 0 Å². The number of aryl methyl sites for hydroxylation is 1. The molecule has 2 aromatic carbocycles. The van der Waals surface area contributed by atoms with Crippen molar-refractivity contribution in [1.82, 2.24) is 0 Å². The smallest absolute Gasteiger partial charge is 0.307 e. The molecule has 0 aromatic heterocycles. The van der Waals surface area contributed by atoms with E-state index < -0.39 is 11.0 Å². The lowest BCUT2D eigenvalue weighted by Crippen LogP contribution is -2.21. The Bertz CT molecular complexity index is 758. The summed E-state index contributed by atoms with van der Waals surface area (Å²) in [7, 11) is 0. The Morgan fingerprint density at radius 3 is 2.65 bits per heavy atom. The molecule has 0 heterocycles. The fraction of sp³-hybridized carbons (Fsp3) is 0.235. The summed E-state index contributed by atoms with van der Waals surface area (Å²) in [5.41, 5.74) is 3.61. The second-order valence-electron chi connectivity index (χ2n) is 5.54. The van der Waals surface area contributed by atoms with Crippen LogP contribution in [0.3, 0.4) is 0 Å². The molecule has 0 aliphatic heterocycles. The number of hydrogen-bond donors (Lipinski definition) is 2. The standard InChI is InChI=1S/C17H17N3O3/c21-17(18-13-7-4-8-14(11-13)20(22)23)19-16-10-3-6-12-5-1-2-9-15(12)16/h3-4,6-8,10-11H,1-2,5,9H2,(H2,18,19,21). The number of nitro groups is 1. The highest BCUT2D eigenvalue weighted by Crippen LogP contribution is 2.28. The lowest BCUT2D eigenvalue weighted by Gasteiger charge is -2.19. The first-order valence-corrected chi connectivity index (χ1v) is 7.57. The van der Waals surface area contributed by atoms with Gasteiger partial charge >= 0.3 is 6.03 Å². The van der Waals surface area contributed by atoms with Crippen LogP contribution < -0.4 is 10.6 Å². The molecule has 1 aliphatic rings. The molecule has 2 N–H and O–H groups in total. The van der Waals surface area contributed by atoms with Crippen LogP contribution >= 0.6 is 0 Å².